The molecule has 1 aromatic carbocycles. The zero-order valence-electron chi connectivity index (χ0n) is 8.83. The van der Waals surface area contributed by atoms with Gasteiger partial charge in [0.05, 0.1) is 5.69 Å². The molecule has 0 fully saturated rings. The summed E-state index contributed by atoms with van der Waals surface area (Å²) in [6.45, 7) is 1.31. The highest BCUT2D eigenvalue weighted by Crippen LogP contribution is 2.19. The molecule has 0 heterocycles. The summed E-state index contributed by atoms with van der Waals surface area (Å²) in [6.07, 6.45) is 0. The first kappa shape index (κ1) is 13.4. The maximum absolute atomic E-state index is 13.3. The molecular weight excluding hydrogens is 295 g/mol. The Hall–Kier alpha value is -1.63. The Kier molecular flexibility index (Phi) is 4.45. The molecule has 1 atom stereocenters. The Bertz CT molecular complexity index is 453. The standard InChI is InChI=1S/C10H10BrFN2O3/c1-5(9(15)16)13-10(17)14-8-3-2-6(11)4-7(8)12/h2-5H,1H3,(H,15,16)(H2,13,14,17)/t5-/m0/s1. The van der Waals surface area contributed by atoms with Crippen molar-refractivity contribution < 1.29 is 19.1 Å². The third-order valence-corrected chi connectivity index (χ3v) is 2.39. The van der Waals surface area contributed by atoms with Crippen LogP contribution in [0.15, 0.2) is 22.7 Å². The fourth-order valence-electron chi connectivity index (χ4n) is 1.01. The summed E-state index contributed by atoms with van der Waals surface area (Å²) in [6, 6.07) is 2.29. The van der Waals surface area contributed by atoms with Gasteiger partial charge in [-0.1, -0.05) is 15.9 Å². The average molecular weight is 305 g/mol. The van der Waals surface area contributed by atoms with E-state index in [1.807, 2.05) is 0 Å². The van der Waals surface area contributed by atoms with E-state index in [9.17, 15) is 14.0 Å². The second kappa shape index (κ2) is 5.62. The van der Waals surface area contributed by atoms with Crippen LogP contribution in [0.3, 0.4) is 0 Å². The summed E-state index contributed by atoms with van der Waals surface area (Å²) in [4.78, 5) is 21.8. The fraction of sp³-hybridized carbons (Fsp3) is 0.200. The fourth-order valence-corrected chi connectivity index (χ4v) is 1.34. The number of carboxylic acids is 1. The number of halogens is 2. The molecule has 92 valence electrons. The van der Waals surface area contributed by atoms with Crippen LogP contribution in [0.5, 0.6) is 0 Å². The van der Waals surface area contributed by atoms with Crippen molar-refractivity contribution in [2.24, 2.45) is 0 Å². The van der Waals surface area contributed by atoms with Crippen LogP contribution in [0.2, 0.25) is 0 Å². The molecule has 0 unspecified atom stereocenters. The number of carbonyl (C=O) groups excluding carboxylic acids is 1. The lowest BCUT2D eigenvalue weighted by Gasteiger charge is -2.11. The minimum Gasteiger partial charge on any atom is -0.480 e. The van der Waals surface area contributed by atoms with Gasteiger partial charge in [0.25, 0.3) is 0 Å². The van der Waals surface area contributed by atoms with Gasteiger partial charge in [-0.15, -0.1) is 0 Å². The summed E-state index contributed by atoms with van der Waals surface area (Å²) < 4.78 is 13.9. The molecule has 0 aliphatic heterocycles. The van der Waals surface area contributed by atoms with Crippen LogP contribution in [0.25, 0.3) is 0 Å². The lowest BCUT2D eigenvalue weighted by molar-refractivity contribution is -0.138. The van der Waals surface area contributed by atoms with E-state index < -0.39 is 23.9 Å². The van der Waals surface area contributed by atoms with Crippen molar-refractivity contribution in [2.45, 2.75) is 13.0 Å². The minimum absolute atomic E-state index is 0.0247. The van der Waals surface area contributed by atoms with Gasteiger partial charge >= 0.3 is 12.0 Å². The van der Waals surface area contributed by atoms with Crippen molar-refractivity contribution in [1.82, 2.24) is 5.32 Å². The third kappa shape index (κ3) is 4.03. The molecule has 2 amide bonds. The van der Waals surface area contributed by atoms with Gasteiger partial charge in [-0.25, -0.2) is 9.18 Å². The van der Waals surface area contributed by atoms with E-state index in [-0.39, 0.29) is 5.69 Å². The number of anilines is 1. The lowest BCUT2D eigenvalue weighted by atomic mass is 10.3. The largest absolute Gasteiger partial charge is 0.480 e. The van der Waals surface area contributed by atoms with Crippen LogP contribution in [-0.4, -0.2) is 23.1 Å². The number of carboxylic acid groups (broad SMARTS) is 1. The number of rotatable bonds is 3. The van der Waals surface area contributed by atoms with E-state index in [0.29, 0.717) is 4.47 Å². The van der Waals surface area contributed by atoms with Crippen molar-refractivity contribution in [3.8, 4) is 0 Å². The first-order valence-corrected chi connectivity index (χ1v) is 5.45. The van der Waals surface area contributed by atoms with Crippen LogP contribution in [0.4, 0.5) is 14.9 Å². The van der Waals surface area contributed by atoms with Gasteiger partial charge in [0.2, 0.25) is 0 Å². The Morgan fingerprint density at radius 2 is 2.12 bits per heavy atom. The average Bonchev–Trinajstić information content (AvgIpc) is 2.22. The SMILES string of the molecule is C[C@H](NC(=O)Nc1ccc(Br)cc1F)C(=O)O. The molecule has 0 saturated carbocycles. The summed E-state index contributed by atoms with van der Waals surface area (Å²) in [5.41, 5.74) is -0.0247. The zero-order chi connectivity index (χ0) is 13.0. The van der Waals surface area contributed by atoms with Gasteiger partial charge in [0.1, 0.15) is 11.9 Å². The van der Waals surface area contributed by atoms with E-state index in [1.165, 1.54) is 19.1 Å². The monoisotopic (exact) mass is 304 g/mol. The van der Waals surface area contributed by atoms with Crippen molar-refractivity contribution in [3.05, 3.63) is 28.5 Å². The highest BCUT2D eigenvalue weighted by molar-refractivity contribution is 9.10. The molecule has 1 rings (SSSR count). The Labute approximate surface area is 105 Å². The topological polar surface area (TPSA) is 78.4 Å². The van der Waals surface area contributed by atoms with Crippen LogP contribution < -0.4 is 10.6 Å². The van der Waals surface area contributed by atoms with E-state index in [0.717, 1.165) is 0 Å². The van der Waals surface area contributed by atoms with Crippen LogP contribution >= 0.6 is 15.9 Å². The van der Waals surface area contributed by atoms with Crippen LogP contribution in [0, 0.1) is 5.82 Å². The Balaban J connectivity index is 2.65. The van der Waals surface area contributed by atoms with Gasteiger partial charge in [0.15, 0.2) is 0 Å². The van der Waals surface area contributed by atoms with Gasteiger partial charge in [0, 0.05) is 4.47 Å². The van der Waals surface area contributed by atoms with Gasteiger partial charge in [-0.05, 0) is 25.1 Å². The predicted octanol–water partition coefficient (Wildman–Crippen LogP) is 2.18. The zero-order valence-corrected chi connectivity index (χ0v) is 10.4. The maximum atomic E-state index is 13.3. The molecule has 7 heteroatoms. The van der Waals surface area contributed by atoms with E-state index in [4.69, 9.17) is 5.11 Å². The maximum Gasteiger partial charge on any atom is 0.325 e. The number of benzene rings is 1. The van der Waals surface area contributed by atoms with Crippen LogP contribution in [0.1, 0.15) is 6.92 Å². The number of nitrogens with one attached hydrogen (secondary N) is 2. The molecule has 0 saturated heterocycles. The van der Waals surface area contributed by atoms with Crippen molar-refractivity contribution in [3.63, 3.8) is 0 Å². The number of carbonyl (C=O) groups is 2. The summed E-state index contributed by atoms with van der Waals surface area (Å²) >= 11 is 3.08. The lowest BCUT2D eigenvalue weighted by Crippen LogP contribution is -2.41. The molecule has 0 aromatic heterocycles. The van der Waals surface area contributed by atoms with E-state index in [1.54, 1.807) is 6.07 Å². The van der Waals surface area contributed by atoms with E-state index >= 15 is 0 Å². The van der Waals surface area contributed by atoms with Crippen LogP contribution in [-0.2, 0) is 4.79 Å². The van der Waals surface area contributed by atoms with Gasteiger partial charge in [-0.2, -0.15) is 0 Å². The number of hydrogen-bond donors (Lipinski definition) is 3. The number of amides is 2. The smallest absolute Gasteiger partial charge is 0.325 e. The molecule has 0 radical (unpaired) electrons. The summed E-state index contributed by atoms with van der Waals surface area (Å²) in [5, 5.41) is 12.9. The van der Waals surface area contributed by atoms with Crippen molar-refractivity contribution in [2.75, 3.05) is 5.32 Å². The molecule has 3 N–H and O–H groups in total. The first-order chi connectivity index (χ1) is 7.90. The predicted molar refractivity (Wildman–Crippen MR) is 63.4 cm³/mol. The van der Waals surface area contributed by atoms with Crippen molar-refractivity contribution >= 4 is 33.6 Å². The second-order valence-corrected chi connectivity index (χ2v) is 4.20. The number of hydrogen-bond acceptors (Lipinski definition) is 2. The highest BCUT2D eigenvalue weighted by atomic mass is 79.9. The summed E-state index contributed by atoms with van der Waals surface area (Å²) in [7, 11) is 0. The molecule has 0 aliphatic carbocycles. The number of urea groups is 1. The quantitative estimate of drug-likeness (QED) is 0.801. The summed E-state index contributed by atoms with van der Waals surface area (Å²) in [5.74, 6) is -1.78. The first-order valence-electron chi connectivity index (χ1n) is 4.65. The molecule has 1 aromatic rings. The normalized spacial score (nSPS) is 11.7. The highest BCUT2D eigenvalue weighted by Gasteiger charge is 2.14. The third-order valence-electron chi connectivity index (χ3n) is 1.90. The Morgan fingerprint density at radius 1 is 1.47 bits per heavy atom. The molecule has 0 aliphatic rings. The minimum atomic E-state index is -1.17. The van der Waals surface area contributed by atoms with Gasteiger partial charge < -0.3 is 15.7 Å². The Morgan fingerprint density at radius 3 is 2.65 bits per heavy atom. The molecule has 0 spiro atoms. The van der Waals surface area contributed by atoms with Gasteiger partial charge in [-0.3, -0.25) is 4.79 Å². The molecular formula is C10H10BrFN2O3. The second-order valence-electron chi connectivity index (χ2n) is 3.28. The molecule has 17 heavy (non-hydrogen) atoms. The van der Waals surface area contributed by atoms with E-state index in [2.05, 4.69) is 26.6 Å². The molecule has 5 nitrogen and oxygen atoms in total. The van der Waals surface area contributed by atoms with Crippen molar-refractivity contribution in [1.29, 1.82) is 0 Å². The number of aliphatic carboxylic acids is 1. The molecule has 0 bridgehead atoms.